The molecule has 8 nitrogen and oxygen atoms in total. The van der Waals surface area contributed by atoms with Crippen LogP contribution in [0.4, 0.5) is 4.79 Å². The van der Waals surface area contributed by atoms with Crippen molar-refractivity contribution in [3.05, 3.63) is 59.4 Å². The zero-order chi connectivity index (χ0) is 21.1. The summed E-state index contributed by atoms with van der Waals surface area (Å²) in [7, 11) is 1.36. The Balaban J connectivity index is 1.54. The number of halogens is 1. The van der Waals surface area contributed by atoms with Gasteiger partial charge in [0.25, 0.3) is 5.91 Å². The molecule has 2 aromatic heterocycles. The Morgan fingerprint density at radius 1 is 1.20 bits per heavy atom. The van der Waals surface area contributed by atoms with Gasteiger partial charge in [-0.15, -0.1) is 0 Å². The van der Waals surface area contributed by atoms with Crippen LogP contribution in [0.25, 0.3) is 17.1 Å². The number of methoxy groups -OCH3 is 1. The molecule has 1 N–H and O–H groups in total. The molecular weight excluding hydrogens is 408 g/mol. The van der Waals surface area contributed by atoms with Crippen LogP contribution in [0.15, 0.2) is 53.1 Å². The van der Waals surface area contributed by atoms with Gasteiger partial charge in [0.1, 0.15) is 5.69 Å². The highest BCUT2D eigenvalue weighted by Crippen LogP contribution is 2.26. The van der Waals surface area contributed by atoms with Gasteiger partial charge in [-0.25, -0.2) is 9.48 Å². The number of benzene rings is 1. The SMILES string of the molecule is COC(=O)N1CCC(NC(=O)c2cc(-c3ccco3)n(-c3cccc(Cl)c3)n2)CC1. The van der Waals surface area contributed by atoms with Crippen LogP contribution in [-0.4, -0.2) is 52.9 Å². The molecule has 1 aliphatic heterocycles. The number of rotatable bonds is 4. The molecule has 0 saturated carbocycles. The lowest BCUT2D eigenvalue weighted by molar-refractivity contribution is 0.0887. The molecule has 2 amide bonds. The predicted octanol–water partition coefficient (Wildman–Crippen LogP) is 3.75. The minimum absolute atomic E-state index is 0.0400. The van der Waals surface area contributed by atoms with Crippen LogP contribution in [0, 0.1) is 0 Å². The number of carbonyl (C=O) groups is 2. The van der Waals surface area contributed by atoms with Crippen LogP contribution < -0.4 is 5.32 Å². The van der Waals surface area contributed by atoms with Crippen molar-refractivity contribution in [2.45, 2.75) is 18.9 Å². The molecular formula is C21H21ClN4O4. The van der Waals surface area contributed by atoms with Crippen LogP contribution in [0.1, 0.15) is 23.3 Å². The van der Waals surface area contributed by atoms with Crippen LogP contribution in [-0.2, 0) is 4.74 Å². The number of amides is 2. The summed E-state index contributed by atoms with van der Waals surface area (Å²) in [6.07, 6.45) is 2.53. The number of nitrogens with one attached hydrogen (secondary N) is 1. The molecule has 4 rings (SSSR count). The molecule has 1 fully saturated rings. The molecule has 0 aliphatic carbocycles. The Bertz CT molecular complexity index is 1040. The Morgan fingerprint density at radius 3 is 2.67 bits per heavy atom. The maximum Gasteiger partial charge on any atom is 0.409 e. The highest BCUT2D eigenvalue weighted by molar-refractivity contribution is 6.30. The maximum atomic E-state index is 12.9. The predicted molar refractivity (Wildman–Crippen MR) is 111 cm³/mol. The lowest BCUT2D eigenvalue weighted by Crippen LogP contribution is -2.46. The zero-order valence-electron chi connectivity index (χ0n) is 16.4. The van der Waals surface area contributed by atoms with E-state index in [4.69, 9.17) is 20.8 Å². The van der Waals surface area contributed by atoms with Gasteiger partial charge in [0.05, 0.1) is 19.1 Å². The number of likely N-dealkylation sites (tertiary alicyclic amines) is 1. The van der Waals surface area contributed by atoms with E-state index < -0.39 is 0 Å². The average molecular weight is 429 g/mol. The normalized spacial score (nSPS) is 14.5. The second kappa shape index (κ2) is 8.62. The van der Waals surface area contributed by atoms with E-state index in [0.29, 0.717) is 42.4 Å². The van der Waals surface area contributed by atoms with Gasteiger partial charge in [-0.3, -0.25) is 4.79 Å². The maximum absolute atomic E-state index is 12.9. The summed E-state index contributed by atoms with van der Waals surface area (Å²) >= 11 is 6.13. The summed E-state index contributed by atoms with van der Waals surface area (Å²) in [4.78, 5) is 26.1. The Hall–Kier alpha value is -3.26. The smallest absolute Gasteiger partial charge is 0.409 e. The number of hydrogen-bond donors (Lipinski definition) is 1. The Morgan fingerprint density at radius 2 is 2.00 bits per heavy atom. The summed E-state index contributed by atoms with van der Waals surface area (Å²) in [5.41, 5.74) is 1.64. The third-order valence-electron chi connectivity index (χ3n) is 5.03. The monoisotopic (exact) mass is 428 g/mol. The van der Waals surface area contributed by atoms with Gasteiger partial charge >= 0.3 is 6.09 Å². The second-order valence-electron chi connectivity index (χ2n) is 6.99. The largest absolute Gasteiger partial charge is 0.463 e. The average Bonchev–Trinajstić information content (AvgIpc) is 3.43. The Kier molecular flexibility index (Phi) is 5.76. The van der Waals surface area contributed by atoms with E-state index in [9.17, 15) is 9.59 Å². The number of hydrogen-bond acceptors (Lipinski definition) is 5. The number of carbonyl (C=O) groups excluding carboxylic acids is 2. The van der Waals surface area contributed by atoms with Crippen molar-refractivity contribution in [3.63, 3.8) is 0 Å². The molecule has 0 bridgehead atoms. The molecule has 3 aromatic rings. The second-order valence-corrected chi connectivity index (χ2v) is 7.43. The van der Waals surface area contributed by atoms with Crippen LogP contribution in [0.2, 0.25) is 5.02 Å². The first-order valence-corrected chi connectivity index (χ1v) is 9.96. The lowest BCUT2D eigenvalue weighted by Gasteiger charge is -2.31. The fourth-order valence-electron chi connectivity index (χ4n) is 3.49. The molecule has 0 spiro atoms. The molecule has 156 valence electrons. The molecule has 0 unspecified atom stereocenters. The molecule has 0 atom stereocenters. The summed E-state index contributed by atoms with van der Waals surface area (Å²) in [5.74, 6) is 0.313. The standard InChI is InChI=1S/C21H21ClN4O4/c1-29-21(28)25-9-7-15(8-10-25)23-20(27)17-13-18(19-6-3-11-30-19)26(24-17)16-5-2-4-14(22)12-16/h2-6,11-13,15H,7-10H2,1H3,(H,23,27). The quantitative estimate of drug-likeness (QED) is 0.683. The van der Waals surface area contributed by atoms with Crippen molar-refractivity contribution >= 4 is 23.6 Å². The van der Waals surface area contributed by atoms with Gasteiger partial charge in [0.15, 0.2) is 11.5 Å². The highest BCUT2D eigenvalue weighted by Gasteiger charge is 2.26. The third kappa shape index (κ3) is 4.18. The number of ether oxygens (including phenoxy) is 1. The summed E-state index contributed by atoms with van der Waals surface area (Å²) in [6.45, 7) is 1.07. The molecule has 30 heavy (non-hydrogen) atoms. The van der Waals surface area contributed by atoms with E-state index >= 15 is 0 Å². The van der Waals surface area contributed by atoms with Crippen molar-refractivity contribution in [1.82, 2.24) is 20.0 Å². The first-order chi connectivity index (χ1) is 14.5. The van der Waals surface area contributed by atoms with E-state index in [2.05, 4.69) is 10.4 Å². The van der Waals surface area contributed by atoms with Crippen molar-refractivity contribution < 1.29 is 18.7 Å². The molecule has 3 heterocycles. The molecule has 1 aliphatic rings. The van der Waals surface area contributed by atoms with Crippen LogP contribution in [0.5, 0.6) is 0 Å². The minimum atomic E-state index is -0.344. The van der Waals surface area contributed by atoms with Crippen molar-refractivity contribution in [2.24, 2.45) is 0 Å². The van der Waals surface area contributed by atoms with E-state index in [0.717, 1.165) is 5.69 Å². The first kappa shape index (κ1) is 20.0. The van der Waals surface area contributed by atoms with E-state index in [1.54, 1.807) is 40.1 Å². The summed E-state index contributed by atoms with van der Waals surface area (Å²) in [5, 5.41) is 8.08. The molecule has 0 radical (unpaired) electrons. The number of piperidine rings is 1. The first-order valence-electron chi connectivity index (χ1n) is 9.59. The van der Waals surface area contributed by atoms with Gasteiger partial charge in [0, 0.05) is 30.2 Å². The fourth-order valence-corrected chi connectivity index (χ4v) is 3.68. The minimum Gasteiger partial charge on any atom is -0.463 e. The summed E-state index contributed by atoms with van der Waals surface area (Å²) in [6, 6.07) is 12.5. The zero-order valence-corrected chi connectivity index (χ0v) is 17.1. The lowest BCUT2D eigenvalue weighted by atomic mass is 10.1. The summed E-state index contributed by atoms with van der Waals surface area (Å²) < 4.78 is 11.9. The van der Waals surface area contributed by atoms with E-state index in [-0.39, 0.29) is 23.7 Å². The van der Waals surface area contributed by atoms with Gasteiger partial charge in [0.2, 0.25) is 0 Å². The van der Waals surface area contributed by atoms with E-state index in [1.165, 1.54) is 7.11 Å². The van der Waals surface area contributed by atoms with Crippen molar-refractivity contribution in [3.8, 4) is 17.1 Å². The highest BCUT2D eigenvalue weighted by atomic mass is 35.5. The number of nitrogens with zero attached hydrogens (tertiary/aromatic N) is 3. The topological polar surface area (TPSA) is 89.6 Å². The van der Waals surface area contributed by atoms with Crippen molar-refractivity contribution in [1.29, 1.82) is 0 Å². The van der Waals surface area contributed by atoms with Crippen LogP contribution in [0.3, 0.4) is 0 Å². The molecule has 1 aromatic carbocycles. The number of aromatic nitrogens is 2. The van der Waals surface area contributed by atoms with Crippen molar-refractivity contribution in [2.75, 3.05) is 20.2 Å². The van der Waals surface area contributed by atoms with Gasteiger partial charge in [-0.1, -0.05) is 17.7 Å². The molecule has 1 saturated heterocycles. The van der Waals surface area contributed by atoms with E-state index in [1.807, 2.05) is 18.2 Å². The fraction of sp³-hybridized carbons (Fsp3) is 0.286. The van der Waals surface area contributed by atoms with Gasteiger partial charge in [-0.05, 0) is 43.2 Å². The van der Waals surface area contributed by atoms with Gasteiger partial charge in [-0.2, -0.15) is 5.10 Å². The number of furan rings is 1. The van der Waals surface area contributed by atoms with Crippen LogP contribution >= 0.6 is 11.6 Å². The third-order valence-corrected chi connectivity index (χ3v) is 5.27. The molecule has 9 heteroatoms. The van der Waals surface area contributed by atoms with Gasteiger partial charge < -0.3 is 19.4 Å². The Labute approximate surface area is 178 Å².